The number of carbonyl (C=O) groups is 1. The maximum absolute atomic E-state index is 14.8. The summed E-state index contributed by atoms with van der Waals surface area (Å²) in [5, 5.41) is -0.184. The van der Waals surface area contributed by atoms with Crippen molar-refractivity contribution in [3.05, 3.63) is 55.1 Å². The van der Waals surface area contributed by atoms with Crippen LogP contribution in [0.1, 0.15) is 24.6 Å². The van der Waals surface area contributed by atoms with Gasteiger partial charge in [0.15, 0.2) is 0 Å². The van der Waals surface area contributed by atoms with Crippen molar-refractivity contribution in [3.8, 4) is 11.4 Å². The van der Waals surface area contributed by atoms with Gasteiger partial charge in [-0.2, -0.15) is 13.2 Å². The Kier molecular flexibility index (Phi) is 5.21. The van der Waals surface area contributed by atoms with Gasteiger partial charge < -0.3 is 9.47 Å². The quantitative estimate of drug-likeness (QED) is 0.530. The van der Waals surface area contributed by atoms with E-state index in [9.17, 15) is 31.9 Å². The highest BCUT2D eigenvalue weighted by Crippen LogP contribution is 2.45. The van der Waals surface area contributed by atoms with Gasteiger partial charge in [0.1, 0.15) is 22.9 Å². The van der Waals surface area contributed by atoms with E-state index < -0.39 is 46.2 Å². The summed E-state index contributed by atoms with van der Waals surface area (Å²) in [6.07, 6.45) is -5.37. The predicted molar refractivity (Wildman–Crippen MR) is 96.6 cm³/mol. The highest BCUT2D eigenvalue weighted by Gasteiger charge is 2.42. The van der Waals surface area contributed by atoms with Crippen molar-refractivity contribution in [2.45, 2.75) is 31.5 Å². The number of alkyl halides is 3. The van der Waals surface area contributed by atoms with E-state index >= 15 is 0 Å². The smallest absolute Gasteiger partial charge is 0.431 e. The largest absolute Gasteiger partial charge is 0.485 e. The molecule has 1 aromatic heterocycles. The molecule has 2 heterocycles. The zero-order valence-electron chi connectivity index (χ0n) is 15.9. The number of aromatic nitrogens is 2. The lowest BCUT2D eigenvalue weighted by molar-refractivity contribution is -0.145. The van der Waals surface area contributed by atoms with Crippen LogP contribution < -0.4 is 16.0 Å². The van der Waals surface area contributed by atoms with Gasteiger partial charge in [-0.05, 0) is 13.0 Å². The zero-order chi connectivity index (χ0) is 22.6. The van der Waals surface area contributed by atoms with Crippen molar-refractivity contribution in [3.63, 3.8) is 0 Å². The van der Waals surface area contributed by atoms with Crippen LogP contribution in [0.4, 0.5) is 17.6 Å². The molecule has 7 nitrogen and oxygen atoms in total. The first-order valence-corrected chi connectivity index (χ1v) is 8.84. The lowest BCUT2D eigenvalue weighted by Crippen LogP contribution is -2.41. The van der Waals surface area contributed by atoms with Gasteiger partial charge >= 0.3 is 17.8 Å². The molecule has 162 valence electrons. The molecule has 30 heavy (non-hydrogen) atoms. The second kappa shape index (κ2) is 7.15. The number of benzene rings is 1. The number of hydrogen-bond acceptors (Lipinski definition) is 5. The van der Waals surface area contributed by atoms with Crippen LogP contribution in [0.3, 0.4) is 0 Å². The first-order chi connectivity index (χ1) is 13.8. The van der Waals surface area contributed by atoms with Crippen molar-refractivity contribution in [1.29, 1.82) is 0 Å². The van der Waals surface area contributed by atoms with Crippen molar-refractivity contribution >= 4 is 17.6 Å². The van der Waals surface area contributed by atoms with E-state index in [0.29, 0.717) is 0 Å². The molecule has 12 heteroatoms. The minimum Gasteiger partial charge on any atom is -0.485 e. The SMILES string of the molecule is COC(=O)CC1(C)Cc2c(c(Cl)cc(F)c2-n2c(=O)cc(C(F)(F)F)n(C)c2=O)O1. The van der Waals surface area contributed by atoms with E-state index in [1.807, 2.05) is 0 Å². The zero-order valence-corrected chi connectivity index (χ0v) is 16.7. The van der Waals surface area contributed by atoms with Crippen LogP contribution in [0, 0.1) is 5.82 Å². The number of rotatable bonds is 3. The predicted octanol–water partition coefficient (Wildman–Crippen LogP) is 2.60. The number of esters is 1. The Morgan fingerprint density at radius 3 is 2.53 bits per heavy atom. The maximum atomic E-state index is 14.8. The summed E-state index contributed by atoms with van der Waals surface area (Å²) in [4.78, 5) is 36.7. The number of ether oxygens (including phenoxy) is 2. The normalized spacial score (nSPS) is 18.1. The van der Waals surface area contributed by atoms with E-state index in [-0.39, 0.29) is 44.4 Å². The van der Waals surface area contributed by atoms with Gasteiger partial charge in [-0.3, -0.25) is 14.2 Å². The highest BCUT2D eigenvalue weighted by molar-refractivity contribution is 6.32. The summed E-state index contributed by atoms with van der Waals surface area (Å²) in [5.74, 6) is -1.82. The Balaban J connectivity index is 2.26. The molecule has 0 saturated carbocycles. The molecule has 0 radical (unpaired) electrons. The van der Waals surface area contributed by atoms with Crippen LogP contribution in [-0.2, 0) is 29.2 Å². The molecule has 1 unspecified atom stereocenters. The standard InChI is InChI=1S/C18H15ClF4N2O5/c1-17(7-13(27)29-3)6-8-14(10(20)4-9(19)15(8)30-17)25-12(26)5-11(18(21,22)23)24(2)16(25)28/h4-5H,6-7H2,1-3H3. The van der Waals surface area contributed by atoms with E-state index in [2.05, 4.69) is 4.74 Å². The molecule has 0 amide bonds. The Hall–Kier alpha value is -2.82. The topological polar surface area (TPSA) is 79.5 Å². The molecule has 1 aliphatic rings. The average Bonchev–Trinajstić information content (AvgIpc) is 2.97. The Morgan fingerprint density at radius 2 is 1.97 bits per heavy atom. The summed E-state index contributed by atoms with van der Waals surface area (Å²) in [6.45, 7) is 1.51. The van der Waals surface area contributed by atoms with Gasteiger partial charge in [0.25, 0.3) is 5.56 Å². The molecule has 1 aromatic carbocycles. The second-order valence-electron chi connectivity index (χ2n) is 7.02. The molecular formula is C18H15ClF4N2O5. The molecule has 0 spiro atoms. The summed E-state index contributed by atoms with van der Waals surface area (Å²) >= 11 is 6.03. The maximum Gasteiger partial charge on any atom is 0.431 e. The van der Waals surface area contributed by atoms with E-state index in [1.54, 1.807) is 0 Å². The van der Waals surface area contributed by atoms with E-state index in [0.717, 1.165) is 20.2 Å². The van der Waals surface area contributed by atoms with Gasteiger partial charge in [0.2, 0.25) is 0 Å². The van der Waals surface area contributed by atoms with Gasteiger partial charge in [-0.25, -0.2) is 13.8 Å². The van der Waals surface area contributed by atoms with Crippen LogP contribution in [0.2, 0.25) is 5.02 Å². The lowest BCUT2D eigenvalue weighted by atomic mass is 9.94. The van der Waals surface area contributed by atoms with Gasteiger partial charge in [0.05, 0.1) is 24.2 Å². The Labute approximate surface area is 171 Å². The number of carbonyl (C=O) groups excluding carboxylic acids is 1. The third-order valence-electron chi connectivity index (χ3n) is 4.74. The van der Waals surface area contributed by atoms with Crippen LogP contribution in [0.15, 0.2) is 21.7 Å². The summed E-state index contributed by atoms with van der Waals surface area (Å²) < 4.78 is 64.9. The summed E-state index contributed by atoms with van der Waals surface area (Å²) in [7, 11) is 1.98. The average molecular weight is 451 g/mol. The Bertz CT molecular complexity index is 1170. The summed E-state index contributed by atoms with van der Waals surface area (Å²) in [5.41, 5.74) is -6.10. The van der Waals surface area contributed by atoms with Crippen molar-refractivity contribution in [2.24, 2.45) is 7.05 Å². The fourth-order valence-corrected chi connectivity index (χ4v) is 3.64. The van der Waals surface area contributed by atoms with Crippen LogP contribution in [0.25, 0.3) is 5.69 Å². The first kappa shape index (κ1) is 21.9. The molecule has 1 aliphatic heterocycles. The number of nitrogens with zero attached hydrogens (tertiary/aromatic N) is 2. The monoisotopic (exact) mass is 450 g/mol. The number of hydrogen-bond donors (Lipinski definition) is 0. The molecule has 3 rings (SSSR count). The fourth-order valence-electron chi connectivity index (χ4n) is 3.39. The highest BCUT2D eigenvalue weighted by atomic mass is 35.5. The fraction of sp³-hybridized carbons (Fsp3) is 0.389. The minimum atomic E-state index is -4.96. The molecule has 1 atom stereocenters. The number of methoxy groups -OCH3 is 1. The molecular weight excluding hydrogens is 436 g/mol. The van der Waals surface area contributed by atoms with Crippen LogP contribution in [0.5, 0.6) is 5.75 Å². The van der Waals surface area contributed by atoms with E-state index in [4.69, 9.17) is 16.3 Å². The van der Waals surface area contributed by atoms with Crippen LogP contribution >= 0.6 is 11.6 Å². The molecule has 2 aromatic rings. The van der Waals surface area contributed by atoms with E-state index in [1.165, 1.54) is 6.92 Å². The van der Waals surface area contributed by atoms with Gasteiger partial charge in [-0.15, -0.1) is 0 Å². The van der Waals surface area contributed by atoms with Crippen molar-refractivity contribution < 1.29 is 31.8 Å². The third-order valence-corrected chi connectivity index (χ3v) is 5.02. The molecule has 0 N–H and O–H groups in total. The van der Waals surface area contributed by atoms with Crippen molar-refractivity contribution in [1.82, 2.24) is 9.13 Å². The molecule has 0 aliphatic carbocycles. The molecule has 0 saturated heterocycles. The van der Waals surface area contributed by atoms with Crippen molar-refractivity contribution in [2.75, 3.05) is 7.11 Å². The first-order valence-electron chi connectivity index (χ1n) is 8.46. The third kappa shape index (κ3) is 3.57. The lowest BCUT2D eigenvalue weighted by Gasteiger charge is -2.22. The summed E-state index contributed by atoms with van der Waals surface area (Å²) in [6, 6.07) is 0.981. The minimum absolute atomic E-state index is 0.0228. The van der Waals surface area contributed by atoms with Crippen LogP contribution in [-0.4, -0.2) is 27.8 Å². The number of halogens is 5. The molecule has 0 bridgehead atoms. The Morgan fingerprint density at radius 1 is 1.33 bits per heavy atom. The van der Waals surface area contributed by atoms with Gasteiger partial charge in [-0.1, -0.05) is 11.6 Å². The second-order valence-corrected chi connectivity index (χ2v) is 7.43. The number of fused-ring (bicyclic) bond motifs is 1. The van der Waals surface area contributed by atoms with Gasteiger partial charge in [0, 0.05) is 25.1 Å². The molecule has 0 fully saturated rings.